The molecule has 1 amide bonds. The van der Waals surface area contributed by atoms with E-state index in [2.05, 4.69) is 15.1 Å². The Morgan fingerprint density at radius 2 is 2.45 bits per heavy atom. The van der Waals surface area contributed by atoms with Gasteiger partial charge in [-0.1, -0.05) is 5.16 Å². The Morgan fingerprint density at radius 1 is 1.55 bits per heavy atom. The number of thiazole rings is 1. The summed E-state index contributed by atoms with van der Waals surface area (Å²) in [4.78, 5) is 23.0. The Hall–Kier alpha value is -1.80. The SMILES string of the molecule is Cc1noc([C@@]23CCO[C@@H]2CCN(C(=O)c2cscn2)C3)n1. The molecule has 2 aromatic rings. The van der Waals surface area contributed by atoms with Crippen LogP contribution in [0.15, 0.2) is 15.4 Å². The zero-order valence-corrected chi connectivity index (χ0v) is 13.0. The van der Waals surface area contributed by atoms with Crippen molar-refractivity contribution in [1.29, 1.82) is 0 Å². The van der Waals surface area contributed by atoms with Gasteiger partial charge in [-0.2, -0.15) is 4.98 Å². The zero-order valence-electron chi connectivity index (χ0n) is 12.2. The molecule has 22 heavy (non-hydrogen) atoms. The van der Waals surface area contributed by atoms with Crippen LogP contribution in [0.4, 0.5) is 0 Å². The molecular weight excluding hydrogens is 304 g/mol. The quantitative estimate of drug-likeness (QED) is 0.832. The van der Waals surface area contributed by atoms with Gasteiger partial charge < -0.3 is 14.2 Å². The van der Waals surface area contributed by atoms with E-state index in [1.54, 1.807) is 17.8 Å². The average molecular weight is 320 g/mol. The molecule has 0 saturated carbocycles. The van der Waals surface area contributed by atoms with Crippen LogP contribution in [0.3, 0.4) is 0 Å². The molecule has 116 valence electrons. The van der Waals surface area contributed by atoms with Crippen LogP contribution in [0.1, 0.15) is 35.0 Å². The summed E-state index contributed by atoms with van der Waals surface area (Å²) in [5, 5.41) is 5.69. The maximum atomic E-state index is 12.6. The molecule has 2 aliphatic heterocycles. The fraction of sp³-hybridized carbons (Fsp3) is 0.571. The number of aromatic nitrogens is 3. The number of hydrogen-bond donors (Lipinski definition) is 0. The van der Waals surface area contributed by atoms with Crippen LogP contribution in [0.5, 0.6) is 0 Å². The summed E-state index contributed by atoms with van der Waals surface area (Å²) in [5.41, 5.74) is 1.79. The van der Waals surface area contributed by atoms with Gasteiger partial charge in [0.05, 0.1) is 17.0 Å². The van der Waals surface area contributed by atoms with Gasteiger partial charge in [-0.3, -0.25) is 4.79 Å². The van der Waals surface area contributed by atoms with Crippen LogP contribution in [0.25, 0.3) is 0 Å². The summed E-state index contributed by atoms with van der Waals surface area (Å²) in [6.45, 7) is 3.66. The molecule has 2 saturated heterocycles. The lowest BCUT2D eigenvalue weighted by Crippen LogP contribution is -2.54. The van der Waals surface area contributed by atoms with Crippen LogP contribution in [-0.2, 0) is 10.2 Å². The van der Waals surface area contributed by atoms with Crippen LogP contribution in [0, 0.1) is 6.92 Å². The summed E-state index contributed by atoms with van der Waals surface area (Å²) in [6.07, 6.45) is 1.60. The molecule has 4 heterocycles. The van der Waals surface area contributed by atoms with Crippen molar-refractivity contribution in [2.45, 2.75) is 31.3 Å². The van der Waals surface area contributed by atoms with Crippen LogP contribution < -0.4 is 0 Å². The monoisotopic (exact) mass is 320 g/mol. The summed E-state index contributed by atoms with van der Waals surface area (Å²) in [5.74, 6) is 1.16. The Morgan fingerprint density at radius 3 is 3.18 bits per heavy atom. The highest BCUT2D eigenvalue weighted by molar-refractivity contribution is 7.07. The number of rotatable bonds is 2. The van der Waals surface area contributed by atoms with Crippen molar-refractivity contribution in [2.75, 3.05) is 19.7 Å². The predicted octanol–water partition coefficient (Wildman–Crippen LogP) is 1.41. The summed E-state index contributed by atoms with van der Waals surface area (Å²) < 4.78 is 11.3. The first kappa shape index (κ1) is 13.8. The number of amides is 1. The molecule has 0 N–H and O–H groups in total. The molecule has 0 aliphatic carbocycles. The smallest absolute Gasteiger partial charge is 0.273 e. The number of aryl methyl sites for hydroxylation is 1. The summed E-state index contributed by atoms with van der Waals surface area (Å²) in [6, 6.07) is 0. The van der Waals surface area contributed by atoms with Crippen LogP contribution in [0.2, 0.25) is 0 Å². The molecule has 7 nitrogen and oxygen atoms in total. The third-order valence-electron chi connectivity index (χ3n) is 4.51. The third-order valence-corrected chi connectivity index (χ3v) is 5.10. The minimum absolute atomic E-state index is 0.0341. The van der Waals surface area contributed by atoms with Gasteiger partial charge in [0.2, 0.25) is 5.89 Å². The van der Waals surface area contributed by atoms with Crippen molar-refractivity contribution in [3.63, 3.8) is 0 Å². The Balaban J connectivity index is 1.65. The molecule has 8 heteroatoms. The van der Waals surface area contributed by atoms with Gasteiger partial charge >= 0.3 is 0 Å². The molecule has 2 aliphatic rings. The number of hydrogen-bond acceptors (Lipinski definition) is 7. The van der Waals surface area contributed by atoms with Gasteiger partial charge in [0.1, 0.15) is 5.69 Å². The van der Waals surface area contributed by atoms with Crippen molar-refractivity contribution < 1.29 is 14.1 Å². The van der Waals surface area contributed by atoms with Crippen molar-refractivity contribution in [3.05, 3.63) is 28.3 Å². The highest BCUT2D eigenvalue weighted by Gasteiger charge is 2.53. The average Bonchev–Trinajstić information content (AvgIpc) is 3.26. The molecule has 2 aromatic heterocycles. The van der Waals surface area contributed by atoms with Crippen molar-refractivity contribution in [3.8, 4) is 0 Å². The van der Waals surface area contributed by atoms with Gasteiger partial charge in [-0.25, -0.2) is 4.98 Å². The lowest BCUT2D eigenvalue weighted by molar-refractivity contribution is 0.00804. The van der Waals surface area contributed by atoms with Crippen molar-refractivity contribution >= 4 is 17.2 Å². The summed E-state index contributed by atoms with van der Waals surface area (Å²) >= 11 is 1.43. The lowest BCUT2D eigenvalue weighted by atomic mass is 9.76. The molecule has 0 bridgehead atoms. The number of fused-ring (bicyclic) bond motifs is 1. The van der Waals surface area contributed by atoms with E-state index in [1.165, 1.54) is 11.3 Å². The second-order valence-corrected chi connectivity index (χ2v) is 6.52. The largest absolute Gasteiger partial charge is 0.377 e. The fourth-order valence-electron chi connectivity index (χ4n) is 3.40. The highest BCUT2D eigenvalue weighted by atomic mass is 32.1. The number of carbonyl (C=O) groups excluding carboxylic acids is 1. The minimum Gasteiger partial charge on any atom is -0.377 e. The first-order chi connectivity index (χ1) is 10.7. The molecule has 2 fully saturated rings. The summed E-state index contributed by atoms with van der Waals surface area (Å²) in [7, 11) is 0. The Labute approximate surface area is 131 Å². The van der Waals surface area contributed by atoms with E-state index in [9.17, 15) is 4.79 Å². The molecule has 4 rings (SSSR count). The highest BCUT2D eigenvalue weighted by Crippen LogP contribution is 2.43. The van der Waals surface area contributed by atoms with E-state index >= 15 is 0 Å². The van der Waals surface area contributed by atoms with E-state index in [0.29, 0.717) is 37.1 Å². The Bertz CT molecular complexity index is 686. The van der Waals surface area contributed by atoms with E-state index in [0.717, 1.165) is 12.8 Å². The van der Waals surface area contributed by atoms with Crippen LogP contribution >= 0.6 is 11.3 Å². The molecule has 0 radical (unpaired) electrons. The maximum Gasteiger partial charge on any atom is 0.273 e. The number of piperidine rings is 1. The number of ether oxygens (including phenoxy) is 1. The van der Waals surface area contributed by atoms with Gasteiger partial charge in [-0.15, -0.1) is 11.3 Å². The van der Waals surface area contributed by atoms with Crippen molar-refractivity contribution in [1.82, 2.24) is 20.0 Å². The maximum absolute atomic E-state index is 12.6. The third kappa shape index (κ3) is 2.05. The van der Waals surface area contributed by atoms with Gasteiger partial charge in [0.25, 0.3) is 5.91 Å². The van der Waals surface area contributed by atoms with Gasteiger partial charge in [-0.05, 0) is 19.8 Å². The number of nitrogens with zero attached hydrogens (tertiary/aromatic N) is 4. The van der Waals surface area contributed by atoms with Crippen molar-refractivity contribution in [2.24, 2.45) is 0 Å². The topological polar surface area (TPSA) is 81.4 Å². The second kappa shape index (κ2) is 5.13. The Kier molecular flexibility index (Phi) is 3.23. The number of carbonyl (C=O) groups is 1. The van der Waals surface area contributed by atoms with Gasteiger partial charge in [0, 0.05) is 25.1 Å². The fourth-order valence-corrected chi connectivity index (χ4v) is 3.93. The molecule has 2 atom stereocenters. The lowest BCUT2D eigenvalue weighted by Gasteiger charge is -2.41. The van der Waals surface area contributed by atoms with Crippen LogP contribution in [-0.4, -0.2) is 51.7 Å². The van der Waals surface area contributed by atoms with E-state index in [1.807, 2.05) is 4.90 Å². The van der Waals surface area contributed by atoms with E-state index < -0.39 is 0 Å². The van der Waals surface area contributed by atoms with Gasteiger partial charge in [0.15, 0.2) is 5.82 Å². The van der Waals surface area contributed by atoms with E-state index in [-0.39, 0.29) is 17.4 Å². The molecule has 0 aromatic carbocycles. The first-order valence-corrected chi connectivity index (χ1v) is 8.23. The molecular formula is C14H16N4O3S. The standard InChI is InChI=1S/C14H16N4O3S/c1-9-16-13(21-17-9)14-3-5-20-11(14)2-4-18(7-14)12(19)10-6-22-8-15-10/h6,8,11H,2-5,7H2,1H3/t11-,14-/m1/s1. The molecule has 0 spiro atoms. The second-order valence-electron chi connectivity index (χ2n) is 5.80. The minimum atomic E-state index is -0.384. The first-order valence-electron chi connectivity index (χ1n) is 7.29. The zero-order chi connectivity index (χ0) is 15.2. The number of likely N-dealkylation sites (tertiary alicyclic amines) is 1. The normalized spacial score (nSPS) is 27.9. The molecule has 0 unspecified atom stereocenters. The predicted molar refractivity (Wildman–Crippen MR) is 77.7 cm³/mol. The van der Waals surface area contributed by atoms with E-state index in [4.69, 9.17) is 9.26 Å².